The molecule has 0 spiro atoms. The van der Waals surface area contributed by atoms with Crippen molar-refractivity contribution in [3.8, 4) is 0 Å². The Morgan fingerprint density at radius 3 is 2.38 bits per heavy atom. The van der Waals surface area contributed by atoms with E-state index in [1.807, 2.05) is 49.4 Å². The number of rotatable bonds is 6. The fourth-order valence-corrected chi connectivity index (χ4v) is 2.13. The molecule has 1 unspecified atom stereocenters. The van der Waals surface area contributed by atoms with E-state index in [1.165, 1.54) is 5.56 Å². The van der Waals surface area contributed by atoms with Gasteiger partial charge in [0.1, 0.15) is 0 Å². The van der Waals surface area contributed by atoms with E-state index >= 15 is 0 Å². The second-order valence-electron chi connectivity index (χ2n) is 5.24. The Morgan fingerprint density at radius 2 is 1.71 bits per heavy atom. The van der Waals surface area contributed by atoms with Crippen molar-refractivity contribution in [1.29, 1.82) is 0 Å². The lowest BCUT2D eigenvalue weighted by atomic mass is 10.1. The number of nitrogens with one attached hydrogen (secondary N) is 2. The number of anilines is 1. The van der Waals surface area contributed by atoms with Crippen molar-refractivity contribution in [3.05, 3.63) is 65.7 Å². The van der Waals surface area contributed by atoms with Crippen LogP contribution in [0.15, 0.2) is 54.6 Å². The Balaban J connectivity index is 1.73. The topological polar surface area (TPSA) is 41.1 Å². The highest BCUT2D eigenvalue weighted by molar-refractivity contribution is 5.77. The number of benzene rings is 2. The van der Waals surface area contributed by atoms with Gasteiger partial charge in [0.05, 0.1) is 6.04 Å². The third kappa shape index (κ3) is 4.95. The highest BCUT2D eigenvalue weighted by Gasteiger charge is 2.08. The zero-order chi connectivity index (χ0) is 15.1. The first-order chi connectivity index (χ1) is 10.1. The summed E-state index contributed by atoms with van der Waals surface area (Å²) in [5.41, 5.74) is 3.40. The van der Waals surface area contributed by atoms with E-state index in [4.69, 9.17) is 0 Å². The van der Waals surface area contributed by atoms with E-state index in [0.29, 0.717) is 13.0 Å². The standard InChI is InChI=1S/C18H22N2O/c1-14-8-10-17(11-9-14)19-13-12-18(21)20-15(2)16-6-4-3-5-7-16/h3-11,15,19H,12-13H2,1-2H3,(H,20,21). The average Bonchev–Trinajstić information content (AvgIpc) is 2.50. The van der Waals surface area contributed by atoms with Crippen molar-refractivity contribution < 1.29 is 4.79 Å². The van der Waals surface area contributed by atoms with Gasteiger partial charge in [-0.2, -0.15) is 0 Å². The third-order valence-electron chi connectivity index (χ3n) is 3.41. The van der Waals surface area contributed by atoms with Gasteiger partial charge in [-0.3, -0.25) is 4.79 Å². The Bertz CT molecular complexity index is 564. The number of hydrogen-bond acceptors (Lipinski definition) is 2. The molecule has 2 rings (SSSR count). The first-order valence-electron chi connectivity index (χ1n) is 7.30. The van der Waals surface area contributed by atoms with Crippen LogP contribution in [0.5, 0.6) is 0 Å². The van der Waals surface area contributed by atoms with Crippen LogP contribution in [0.4, 0.5) is 5.69 Å². The van der Waals surface area contributed by atoms with Crippen LogP contribution in [-0.2, 0) is 4.79 Å². The maximum Gasteiger partial charge on any atom is 0.222 e. The van der Waals surface area contributed by atoms with Crippen molar-refractivity contribution in [2.75, 3.05) is 11.9 Å². The predicted octanol–water partition coefficient (Wildman–Crippen LogP) is 3.67. The largest absolute Gasteiger partial charge is 0.385 e. The number of amides is 1. The molecule has 2 aromatic rings. The van der Waals surface area contributed by atoms with E-state index in [1.54, 1.807) is 0 Å². The number of carbonyl (C=O) groups excluding carboxylic acids is 1. The zero-order valence-electron chi connectivity index (χ0n) is 12.6. The average molecular weight is 282 g/mol. The summed E-state index contributed by atoms with van der Waals surface area (Å²) in [4.78, 5) is 11.9. The Labute approximate surface area is 126 Å². The number of hydrogen-bond donors (Lipinski definition) is 2. The highest BCUT2D eigenvalue weighted by Crippen LogP contribution is 2.11. The van der Waals surface area contributed by atoms with Crippen LogP contribution in [0.25, 0.3) is 0 Å². The molecule has 0 saturated heterocycles. The van der Waals surface area contributed by atoms with Gasteiger partial charge in [0.25, 0.3) is 0 Å². The van der Waals surface area contributed by atoms with Crippen LogP contribution in [-0.4, -0.2) is 12.5 Å². The van der Waals surface area contributed by atoms with Gasteiger partial charge in [0, 0.05) is 18.7 Å². The summed E-state index contributed by atoms with van der Waals surface area (Å²) in [6.07, 6.45) is 0.463. The molecule has 0 radical (unpaired) electrons. The van der Waals surface area contributed by atoms with Gasteiger partial charge in [0.15, 0.2) is 0 Å². The van der Waals surface area contributed by atoms with Gasteiger partial charge in [-0.25, -0.2) is 0 Å². The Morgan fingerprint density at radius 1 is 1.05 bits per heavy atom. The van der Waals surface area contributed by atoms with Crippen LogP contribution in [0.3, 0.4) is 0 Å². The normalized spacial score (nSPS) is 11.7. The van der Waals surface area contributed by atoms with Crippen LogP contribution in [0, 0.1) is 6.92 Å². The predicted molar refractivity (Wildman–Crippen MR) is 87.3 cm³/mol. The lowest BCUT2D eigenvalue weighted by molar-refractivity contribution is -0.121. The monoisotopic (exact) mass is 282 g/mol. The van der Waals surface area contributed by atoms with E-state index in [9.17, 15) is 4.79 Å². The summed E-state index contributed by atoms with van der Waals surface area (Å²) in [7, 11) is 0. The second-order valence-corrected chi connectivity index (χ2v) is 5.24. The molecule has 3 heteroatoms. The van der Waals surface area contributed by atoms with Crippen molar-refractivity contribution in [3.63, 3.8) is 0 Å². The Hall–Kier alpha value is -2.29. The summed E-state index contributed by atoms with van der Waals surface area (Å²) in [6, 6.07) is 18.2. The fourth-order valence-electron chi connectivity index (χ4n) is 2.13. The zero-order valence-corrected chi connectivity index (χ0v) is 12.6. The SMILES string of the molecule is Cc1ccc(NCCC(=O)NC(C)c2ccccc2)cc1. The van der Waals surface area contributed by atoms with Crippen molar-refractivity contribution >= 4 is 11.6 Å². The van der Waals surface area contributed by atoms with Crippen molar-refractivity contribution in [2.45, 2.75) is 26.3 Å². The maximum absolute atomic E-state index is 11.9. The second kappa shape index (κ2) is 7.48. The molecule has 0 heterocycles. The molecule has 1 atom stereocenters. The first-order valence-corrected chi connectivity index (χ1v) is 7.30. The van der Waals surface area contributed by atoms with Gasteiger partial charge < -0.3 is 10.6 Å². The van der Waals surface area contributed by atoms with E-state index in [2.05, 4.69) is 29.7 Å². The summed E-state index contributed by atoms with van der Waals surface area (Å²) >= 11 is 0. The highest BCUT2D eigenvalue weighted by atomic mass is 16.1. The minimum Gasteiger partial charge on any atom is -0.385 e. The van der Waals surface area contributed by atoms with Gasteiger partial charge in [-0.15, -0.1) is 0 Å². The molecule has 0 saturated carbocycles. The Kier molecular flexibility index (Phi) is 5.38. The summed E-state index contributed by atoms with van der Waals surface area (Å²) in [6.45, 7) is 4.69. The summed E-state index contributed by atoms with van der Waals surface area (Å²) in [5.74, 6) is 0.0611. The summed E-state index contributed by atoms with van der Waals surface area (Å²) in [5, 5.41) is 6.27. The molecule has 1 amide bonds. The lowest BCUT2D eigenvalue weighted by Gasteiger charge is -2.14. The molecule has 0 aromatic heterocycles. The van der Waals surface area contributed by atoms with E-state index in [-0.39, 0.29) is 11.9 Å². The minimum atomic E-state index is 0.0399. The molecule has 0 aliphatic carbocycles. The molecule has 21 heavy (non-hydrogen) atoms. The van der Waals surface area contributed by atoms with Crippen molar-refractivity contribution in [1.82, 2.24) is 5.32 Å². The minimum absolute atomic E-state index is 0.0399. The molecule has 2 N–H and O–H groups in total. The van der Waals surface area contributed by atoms with E-state index in [0.717, 1.165) is 11.3 Å². The lowest BCUT2D eigenvalue weighted by Crippen LogP contribution is -2.28. The molecular weight excluding hydrogens is 260 g/mol. The van der Waals surface area contributed by atoms with E-state index < -0.39 is 0 Å². The molecule has 0 fully saturated rings. The fraction of sp³-hybridized carbons (Fsp3) is 0.278. The van der Waals surface area contributed by atoms with Gasteiger partial charge in [-0.05, 0) is 31.5 Å². The maximum atomic E-state index is 11.9. The van der Waals surface area contributed by atoms with Crippen LogP contribution in [0.1, 0.15) is 30.5 Å². The number of carbonyl (C=O) groups is 1. The molecule has 0 aliphatic heterocycles. The molecule has 110 valence electrons. The molecule has 2 aromatic carbocycles. The van der Waals surface area contributed by atoms with Gasteiger partial charge >= 0.3 is 0 Å². The third-order valence-corrected chi connectivity index (χ3v) is 3.41. The van der Waals surface area contributed by atoms with Gasteiger partial charge in [0.2, 0.25) is 5.91 Å². The molecular formula is C18H22N2O. The molecule has 0 bridgehead atoms. The quantitative estimate of drug-likeness (QED) is 0.848. The van der Waals surface area contributed by atoms with Crippen LogP contribution in [0.2, 0.25) is 0 Å². The summed E-state index contributed by atoms with van der Waals surface area (Å²) < 4.78 is 0. The first kappa shape index (κ1) is 15.1. The molecule has 3 nitrogen and oxygen atoms in total. The smallest absolute Gasteiger partial charge is 0.222 e. The number of aryl methyl sites for hydroxylation is 1. The van der Waals surface area contributed by atoms with Crippen molar-refractivity contribution in [2.24, 2.45) is 0 Å². The molecule has 0 aliphatic rings. The van der Waals surface area contributed by atoms with Crippen LogP contribution < -0.4 is 10.6 Å². The van der Waals surface area contributed by atoms with Crippen LogP contribution >= 0.6 is 0 Å². The van der Waals surface area contributed by atoms with Gasteiger partial charge in [-0.1, -0.05) is 48.0 Å².